The lowest BCUT2D eigenvalue weighted by Crippen LogP contribution is -2.76. The van der Waals surface area contributed by atoms with E-state index in [9.17, 15) is 24.0 Å². The molecule has 0 radical (unpaired) electrons. The molecular formula is C28H27N3O6Si. The number of esters is 1. The molecule has 194 valence electrons. The van der Waals surface area contributed by atoms with Crippen LogP contribution in [0.15, 0.2) is 78.5 Å². The number of fused-ring (bicyclic) bond motifs is 2. The molecule has 2 atom stereocenters. The summed E-state index contributed by atoms with van der Waals surface area (Å²) in [5, 5.41) is 2.24. The summed E-state index contributed by atoms with van der Waals surface area (Å²) < 4.78 is 5.57. The standard InChI is InChI=1S/C28H27N3O6Si/c1-38(2,3)17-16-37-28(36)21-14-9-15-29(24(32)18-10-5-4-6-11-18)31-22(21)23(27(31)35)30-25(33)19-12-7-8-13-20(19)26(30)34/h4-15,22-23H,16-17H2,1-3H3/t22-,23-/m1/s1. The van der Waals surface area contributed by atoms with Crippen molar-refractivity contribution in [1.29, 1.82) is 0 Å². The van der Waals surface area contributed by atoms with Crippen LogP contribution in [0.2, 0.25) is 25.7 Å². The van der Waals surface area contributed by atoms with E-state index < -0.39 is 49.8 Å². The Bertz CT molecular complexity index is 1380. The number of rotatable bonds is 6. The zero-order valence-electron chi connectivity index (χ0n) is 21.3. The van der Waals surface area contributed by atoms with Crippen LogP contribution in [-0.2, 0) is 14.3 Å². The van der Waals surface area contributed by atoms with Crippen molar-refractivity contribution in [3.05, 3.63) is 95.2 Å². The van der Waals surface area contributed by atoms with Crippen LogP contribution in [0.4, 0.5) is 0 Å². The molecule has 9 nitrogen and oxygen atoms in total. The van der Waals surface area contributed by atoms with E-state index >= 15 is 0 Å². The molecule has 0 bridgehead atoms. The van der Waals surface area contributed by atoms with Gasteiger partial charge in [-0.15, -0.1) is 0 Å². The van der Waals surface area contributed by atoms with E-state index in [1.54, 1.807) is 42.5 Å². The fourth-order valence-corrected chi connectivity index (χ4v) is 5.43. The highest BCUT2D eigenvalue weighted by Gasteiger charge is 2.61. The minimum absolute atomic E-state index is 0.0846. The average molecular weight is 530 g/mol. The highest BCUT2D eigenvalue weighted by molar-refractivity contribution is 6.76. The van der Waals surface area contributed by atoms with Gasteiger partial charge in [0.15, 0.2) is 0 Å². The molecule has 4 amide bonds. The molecule has 38 heavy (non-hydrogen) atoms. The summed E-state index contributed by atoms with van der Waals surface area (Å²) in [6, 6.07) is 13.1. The molecule has 3 aliphatic rings. The van der Waals surface area contributed by atoms with Crippen molar-refractivity contribution in [1.82, 2.24) is 14.9 Å². The van der Waals surface area contributed by atoms with Gasteiger partial charge in [0.25, 0.3) is 23.6 Å². The van der Waals surface area contributed by atoms with Crippen LogP contribution in [0.3, 0.4) is 0 Å². The number of β-lactam (4-membered cyclic amide) rings is 1. The number of hydrazine groups is 1. The van der Waals surface area contributed by atoms with Crippen LogP contribution in [0.1, 0.15) is 31.1 Å². The van der Waals surface area contributed by atoms with Crippen LogP contribution < -0.4 is 0 Å². The second-order valence-electron chi connectivity index (χ2n) is 10.5. The number of allylic oxidation sites excluding steroid dienone is 2. The molecule has 0 N–H and O–H groups in total. The van der Waals surface area contributed by atoms with E-state index in [-0.39, 0.29) is 23.3 Å². The summed E-state index contributed by atoms with van der Waals surface area (Å²) in [6.07, 6.45) is 4.35. The summed E-state index contributed by atoms with van der Waals surface area (Å²) in [6.45, 7) is 6.69. The normalized spacial score (nSPS) is 20.4. The van der Waals surface area contributed by atoms with Crippen LogP contribution in [0.25, 0.3) is 0 Å². The van der Waals surface area contributed by atoms with Crippen molar-refractivity contribution < 1.29 is 28.7 Å². The van der Waals surface area contributed by atoms with Gasteiger partial charge in [0.1, 0.15) is 12.1 Å². The molecule has 10 heteroatoms. The number of carbonyl (C=O) groups is 5. The molecule has 3 aliphatic heterocycles. The highest BCUT2D eigenvalue weighted by atomic mass is 28.3. The molecule has 1 fully saturated rings. The van der Waals surface area contributed by atoms with Crippen molar-refractivity contribution in [2.75, 3.05) is 6.61 Å². The summed E-state index contributed by atoms with van der Waals surface area (Å²) in [7, 11) is -1.49. The van der Waals surface area contributed by atoms with Gasteiger partial charge in [-0.3, -0.25) is 24.1 Å². The van der Waals surface area contributed by atoms with Crippen molar-refractivity contribution >= 4 is 37.7 Å². The Labute approximate surface area is 220 Å². The van der Waals surface area contributed by atoms with E-state index in [1.165, 1.54) is 30.5 Å². The fraction of sp³-hybridized carbons (Fsp3) is 0.250. The van der Waals surface area contributed by atoms with Crippen LogP contribution in [0.5, 0.6) is 0 Å². The Hall–Kier alpha value is -4.31. The molecular weight excluding hydrogens is 502 g/mol. The van der Waals surface area contributed by atoms with E-state index in [0.717, 1.165) is 21.0 Å². The Morgan fingerprint density at radius 3 is 2.08 bits per heavy atom. The molecule has 3 heterocycles. The number of hydrogen-bond acceptors (Lipinski definition) is 6. The maximum absolute atomic E-state index is 13.6. The zero-order chi connectivity index (χ0) is 27.2. The van der Waals surface area contributed by atoms with Gasteiger partial charge in [0.05, 0.1) is 23.3 Å². The predicted molar refractivity (Wildman–Crippen MR) is 140 cm³/mol. The number of nitrogens with zero attached hydrogens (tertiary/aromatic N) is 3. The number of ether oxygens (including phenoxy) is 1. The smallest absolute Gasteiger partial charge is 0.336 e. The van der Waals surface area contributed by atoms with E-state index in [1.807, 2.05) is 0 Å². The first-order chi connectivity index (χ1) is 18.1. The molecule has 1 saturated heterocycles. The first-order valence-corrected chi connectivity index (χ1v) is 16.0. The minimum atomic E-state index is -1.49. The quantitative estimate of drug-likeness (QED) is 0.246. The Morgan fingerprint density at radius 2 is 1.47 bits per heavy atom. The monoisotopic (exact) mass is 529 g/mol. The van der Waals surface area contributed by atoms with Gasteiger partial charge in [0, 0.05) is 19.8 Å². The van der Waals surface area contributed by atoms with Crippen LogP contribution >= 0.6 is 0 Å². The average Bonchev–Trinajstić information content (AvgIpc) is 3.03. The molecule has 0 aromatic heterocycles. The summed E-state index contributed by atoms with van der Waals surface area (Å²) in [4.78, 5) is 67.7. The van der Waals surface area contributed by atoms with Crippen molar-refractivity contribution in [2.45, 2.75) is 37.8 Å². The SMILES string of the molecule is C[Si](C)(C)CCOC(=O)C1=CC=CN(C(=O)c2ccccc2)N2C(=O)[C@H](N3C(=O)c4ccccc4C3=O)[C@@H]12. The van der Waals surface area contributed by atoms with Gasteiger partial charge in [-0.1, -0.05) is 50.0 Å². The van der Waals surface area contributed by atoms with Gasteiger partial charge in [-0.2, -0.15) is 0 Å². The van der Waals surface area contributed by atoms with E-state index in [0.29, 0.717) is 5.56 Å². The maximum Gasteiger partial charge on any atom is 0.336 e. The fourth-order valence-electron chi connectivity index (χ4n) is 4.71. The largest absolute Gasteiger partial charge is 0.463 e. The zero-order valence-corrected chi connectivity index (χ0v) is 22.3. The van der Waals surface area contributed by atoms with Gasteiger partial charge >= 0.3 is 5.97 Å². The molecule has 0 aliphatic carbocycles. The third-order valence-electron chi connectivity index (χ3n) is 6.75. The topological polar surface area (TPSA) is 104 Å². The number of carbonyl (C=O) groups excluding carboxylic acids is 5. The van der Waals surface area contributed by atoms with Crippen molar-refractivity contribution in [2.24, 2.45) is 0 Å². The van der Waals surface area contributed by atoms with Crippen molar-refractivity contribution in [3.63, 3.8) is 0 Å². The van der Waals surface area contributed by atoms with Gasteiger partial charge in [-0.25, -0.2) is 14.8 Å². The Morgan fingerprint density at radius 1 is 0.868 bits per heavy atom. The van der Waals surface area contributed by atoms with Crippen molar-refractivity contribution in [3.8, 4) is 0 Å². The first-order valence-electron chi connectivity index (χ1n) is 12.3. The van der Waals surface area contributed by atoms with Gasteiger partial charge in [0.2, 0.25) is 0 Å². The molecule has 2 aromatic rings. The lowest BCUT2D eigenvalue weighted by Gasteiger charge is -2.51. The number of imide groups is 1. The summed E-state index contributed by atoms with van der Waals surface area (Å²) in [5.41, 5.74) is 0.794. The number of hydrogen-bond donors (Lipinski definition) is 0. The van der Waals surface area contributed by atoms with Gasteiger partial charge < -0.3 is 4.74 Å². The lowest BCUT2D eigenvalue weighted by atomic mass is 9.88. The summed E-state index contributed by atoms with van der Waals surface area (Å²) in [5.74, 6) is -3.05. The van der Waals surface area contributed by atoms with E-state index in [2.05, 4.69) is 19.6 Å². The van der Waals surface area contributed by atoms with Gasteiger partial charge in [-0.05, 0) is 42.5 Å². The second-order valence-corrected chi connectivity index (χ2v) is 16.1. The highest BCUT2D eigenvalue weighted by Crippen LogP contribution is 2.39. The number of benzene rings is 2. The summed E-state index contributed by atoms with van der Waals surface area (Å²) >= 11 is 0. The lowest BCUT2D eigenvalue weighted by molar-refractivity contribution is -0.173. The predicted octanol–water partition coefficient (Wildman–Crippen LogP) is 3.25. The Balaban J connectivity index is 1.50. The third kappa shape index (κ3) is 4.26. The molecule has 0 saturated carbocycles. The molecule has 0 unspecified atom stereocenters. The first kappa shape index (κ1) is 25.3. The Kier molecular flexibility index (Phi) is 6.35. The molecule has 2 aromatic carbocycles. The molecule has 0 spiro atoms. The minimum Gasteiger partial charge on any atom is -0.463 e. The van der Waals surface area contributed by atoms with E-state index in [4.69, 9.17) is 4.74 Å². The second kappa shape index (κ2) is 9.53. The maximum atomic E-state index is 13.6. The number of amides is 4. The van der Waals surface area contributed by atoms with Crippen LogP contribution in [-0.4, -0.2) is 71.3 Å². The third-order valence-corrected chi connectivity index (χ3v) is 8.45. The molecule has 5 rings (SSSR count). The van der Waals surface area contributed by atoms with Crippen LogP contribution in [0, 0.1) is 0 Å².